The predicted molar refractivity (Wildman–Crippen MR) is 73.5 cm³/mol. The summed E-state index contributed by atoms with van der Waals surface area (Å²) in [6, 6.07) is 12.6. The van der Waals surface area contributed by atoms with E-state index in [9.17, 15) is 9.50 Å². The molecule has 2 aromatic carbocycles. The summed E-state index contributed by atoms with van der Waals surface area (Å²) in [4.78, 5) is 0. The fraction of sp³-hybridized carbons (Fsp3) is 0.294. The van der Waals surface area contributed by atoms with Crippen molar-refractivity contribution < 1.29 is 9.50 Å². The van der Waals surface area contributed by atoms with Crippen LogP contribution in [0.25, 0.3) is 0 Å². The molecule has 2 heteroatoms. The molecule has 0 spiro atoms. The number of rotatable bonds is 3. The number of benzene rings is 2. The van der Waals surface area contributed by atoms with Crippen LogP contribution in [0.3, 0.4) is 0 Å². The molecule has 98 valence electrons. The Balaban J connectivity index is 1.76. The molecule has 1 atom stereocenters. The molecule has 0 amide bonds. The van der Waals surface area contributed by atoms with Gasteiger partial charge in [-0.2, -0.15) is 0 Å². The number of aliphatic hydroxyl groups excluding tert-OH is 1. The third-order valence-corrected chi connectivity index (χ3v) is 3.85. The minimum absolute atomic E-state index is 0.240. The van der Waals surface area contributed by atoms with Gasteiger partial charge in [0.25, 0.3) is 0 Å². The second-order valence-electron chi connectivity index (χ2n) is 5.23. The molecular weight excluding hydrogens is 239 g/mol. The lowest BCUT2D eigenvalue weighted by atomic mass is 9.98. The smallest absolute Gasteiger partial charge is 0.123 e. The van der Waals surface area contributed by atoms with E-state index in [0.29, 0.717) is 6.42 Å². The molecule has 1 N–H and O–H groups in total. The Morgan fingerprint density at radius 2 is 1.74 bits per heavy atom. The van der Waals surface area contributed by atoms with Gasteiger partial charge in [0.05, 0.1) is 6.10 Å². The molecule has 0 aromatic heterocycles. The van der Waals surface area contributed by atoms with Gasteiger partial charge in [-0.25, -0.2) is 4.39 Å². The average molecular weight is 256 g/mol. The normalized spacial score (nSPS) is 15.3. The number of hydrogen-bond donors (Lipinski definition) is 1. The molecule has 1 aliphatic rings. The number of aliphatic hydroxyl groups is 1. The van der Waals surface area contributed by atoms with Gasteiger partial charge in [-0.3, -0.25) is 0 Å². The van der Waals surface area contributed by atoms with Crippen LogP contribution < -0.4 is 0 Å². The molecule has 3 rings (SSSR count). The van der Waals surface area contributed by atoms with Crippen LogP contribution in [0.2, 0.25) is 0 Å². The molecule has 1 aliphatic carbocycles. The van der Waals surface area contributed by atoms with Crippen LogP contribution in [0.5, 0.6) is 0 Å². The highest BCUT2D eigenvalue weighted by Crippen LogP contribution is 2.26. The quantitative estimate of drug-likeness (QED) is 0.889. The van der Waals surface area contributed by atoms with E-state index in [-0.39, 0.29) is 5.82 Å². The zero-order valence-electron chi connectivity index (χ0n) is 10.8. The van der Waals surface area contributed by atoms with Gasteiger partial charge in [0, 0.05) is 6.42 Å². The topological polar surface area (TPSA) is 20.2 Å². The Kier molecular flexibility index (Phi) is 3.34. The molecule has 1 unspecified atom stereocenters. The minimum atomic E-state index is -0.517. The van der Waals surface area contributed by atoms with Crippen molar-refractivity contribution in [1.29, 1.82) is 0 Å². The summed E-state index contributed by atoms with van der Waals surface area (Å²) < 4.78 is 12.8. The monoisotopic (exact) mass is 256 g/mol. The summed E-state index contributed by atoms with van der Waals surface area (Å²) in [6.45, 7) is 0. The lowest BCUT2D eigenvalue weighted by Crippen LogP contribution is -2.02. The largest absolute Gasteiger partial charge is 0.388 e. The van der Waals surface area contributed by atoms with Gasteiger partial charge in [-0.1, -0.05) is 30.3 Å². The summed E-state index contributed by atoms with van der Waals surface area (Å²) in [5.74, 6) is -0.240. The molecule has 19 heavy (non-hydrogen) atoms. The SMILES string of the molecule is OC(Cc1ccc(F)cc1)c1ccc2c(c1)CCC2. The molecule has 1 nitrogen and oxygen atoms in total. The van der Waals surface area contributed by atoms with Gasteiger partial charge >= 0.3 is 0 Å². The summed E-state index contributed by atoms with van der Waals surface area (Å²) in [7, 11) is 0. The van der Waals surface area contributed by atoms with E-state index in [1.807, 2.05) is 6.07 Å². The predicted octanol–water partition coefficient (Wildman–Crippen LogP) is 3.59. The molecule has 0 bridgehead atoms. The standard InChI is InChI=1S/C17H17FO/c18-16-8-4-12(5-9-16)10-17(19)15-7-6-13-2-1-3-14(13)11-15/h4-9,11,17,19H,1-3,10H2. The zero-order valence-corrected chi connectivity index (χ0v) is 10.8. The Morgan fingerprint density at radius 1 is 1.00 bits per heavy atom. The molecule has 0 saturated heterocycles. The highest BCUT2D eigenvalue weighted by molar-refractivity contribution is 5.36. The van der Waals surface area contributed by atoms with Crippen LogP contribution in [-0.4, -0.2) is 5.11 Å². The van der Waals surface area contributed by atoms with Gasteiger partial charge in [0.2, 0.25) is 0 Å². The van der Waals surface area contributed by atoms with E-state index in [4.69, 9.17) is 0 Å². The number of halogens is 1. The fourth-order valence-corrected chi connectivity index (χ4v) is 2.76. The third kappa shape index (κ3) is 2.69. The van der Waals surface area contributed by atoms with E-state index in [2.05, 4.69) is 12.1 Å². The first-order chi connectivity index (χ1) is 9.22. The van der Waals surface area contributed by atoms with Crippen molar-refractivity contribution in [3.63, 3.8) is 0 Å². The maximum Gasteiger partial charge on any atom is 0.123 e. The van der Waals surface area contributed by atoms with E-state index in [0.717, 1.165) is 24.0 Å². The fourth-order valence-electron chi connectivity index (χ4n) is 2.76. The van der Waals surface area contributed by atoms with Gasteiger partial charge in [0.15, 0.2) is 0 Å². The van der Waals surface area contributed by atoms with Crippen molar-refractivity contribution in [2.75, 3.05) is 0 Å². The highest BCUT2D eigenvalue weighted by Gasteiger charge is 2.14. The zero-order chi connectivity index (χ0) is 13.2. The first-order valence-corrected chi connectivity index (χ1v) is 6.76. The summed E-state index contributed by atoms with van der Waals surface area (Å²) >= 11 is 0. The number of hydrogen-bond acceptors (Lipinski definition) is 1. The van der Waals surface area contributed by atoms with Crippen LogP contribution in [-0.2, 0) is 19.3 Å². The molecule has 0 fully saturated rings. The summed E-state index contributed by atoms with van der Waals surface area (Å²) in [5, 5.41) is 10.3. The second kappa shape index (κ2) is 5.14. The Labute approximate surface area is 112 Å². The highest BCUT2D eigenvalue weighted by atomic mass is 19.1. The van der Waals surface area contributed by atoms with Crippen LogP contribution in [0, 0.1) is 5.82 Å². The molecular formula is C17H17FO. The first-order valence-electron chi connectivity index (χ1n) is 6.76. The third-order valence-electron chi connectivity index (χ3n) is 3.85. The van der Waals surface area contributed by atoms with E-state index in [1.54, 1.807) is 12.1 Å². The Hall–Kier alpha value is -1.67. The van der Waals surface area contributed by atoms with Crippen LogP contribution in [0.1, 0.15) is 34.8 Å². The van der Waals surface area contributed by atoms with Gasteiger partial charge in [-0.15, -0.1) is 0 Å². The second-order valence-corrected chi connectivity index (χ2v) is 5.23. The Morgan fingerprint density at radius 3 is 2.53 bits per heavy atom. The minimum Gasteiger partial charge on any atom is -0.388 e. The first kappa shape index (κ1) is 12.4. The van der Waals surface area contributed by atoms with Crippen molar-refractivity contribution >= 4 is 0 Å². The molecule has 0 aliphatic heterocycles. The average Bonchev–Trinajstić information content (AvgIpc) is 2.88. The maximum absolute atomic E-state index is 12.8. The lowest BCUT2D eigenvalue weighted by molar-refractivity contribution is 0.178. The van der Waals surface area contributed by atoms with E-state index >= 15 is 0 Å². The van der Waals surface area contributed by atoms with Crippen molar-refractivity contribution in [3.05, 3.63) is 70.5 Å². The molecule has 2 aromatic rings. The molecule has 0 saturated carbocycles. The maximum atomic E-state index is 12.8. The molecule has 0 heterocycles. The summed E-state index contributed by atoms with van der Waals surface area (Å²) in [5.41, 5.74) is 4.70. The van der Waals surface area contributed by atoms with Crippen molar-refractivity contribution in [2.24, 2.45) is 0 Å². The van der Waals surface area contributed by atoms with E-state index in [1.165, 1.54) is 29.7 Å². The molecule has 0 radical (unpaired) electrons. The van der Waals surface area contributed by atoms with Crippen LogP contribution in [0.4, 0.5) is 4.39 Å². The van der Waals surface area contributed by atoms with Crippen molar-refractivity contribution in [1.82, 2.24) is 0 Å². The summed E-state index contributed by atoms with van der Waals surface area (Å²) in [6.07, 6.45) is 3.50. The number of fused-ring (bicyclic) bond motifs is 1. The van der Waals surface area contributed by atoms with Crippen LogP contribution in [0.15, 0.2) is 42.5 Å². The van der Waals surface area contributed by atoms with Crippen LogP contribution >= 0.6 is 0 Å². The Bertz CT molecular complexity index is 574. The van der Waals surface area contributed by atoms with Gasteiger partial charge in [-0.05, 0) is 53.6 Å². The van der Waals surface area contributed by atoms with Gasteiger partial charge in [0.1, 0.15) is 5.82 Å². The lowest BCUT2D eigenvalue weighted by Gasteiger charge is -2.12. The van der Waals surface area contributed by atoms with Crippen molar-refractivity contribution in [2.45, 2.75) is 31.8 Å². The van der Waals surface area contributed by atoms with E-state index < -0.39 is 6.10 Å². The van der Waals surface area contributed by atoms with Crippen molar-refractivity contribution in [3.8, 4) is 0 Å². The number of aryl methyl sites for hydroxylation is 2. The van der Waals surface area contributed by atoms with Gasteiger partial charge < -0.3 is 5.11 Å².